The minimum atomic E-state index is -0.384. The summed E-state index contributed by atoms with van der Waals surface area (Å²) in [5.74, 6) is 1.31. The molecule has 2 heterocycles. The van der Waals surface area contributed by atoms with Crippen LogP contribution in [0.4, 0.5) is 23.1 Å². The SMILES string of the molecule is COc1ccc(N2CC(C(=O)NCCNc3nc(C)cc(Nc4ccc(C)cc4)n3)CC2=O)cc1. The van der Waals surface area contributed by atoms with Crippen LogP contribution in [0.15, 0.2) is 54.6 Å². The van der Waals surface area contributed by atoms with E-state index in [-0.39, 0.29) is 24.2 Å². The molecule has 35 heavy (non-hydrogen) atoms. The van der Waals surface area contributed by atoms with Crippen molar-refractivity contribution in [3.8, 4) is 5.75 Å². The molecule has 0 bridgehead atoms. The third-order valence-electron chi connectivity index (χ3n) is 5.77. The number of aryl methyl sites for hydroxylation is 2. The van der Waals surface area contributed by atoms with Crippen LogP contribution in [-0.2, 0) is 9.59 Å². The number of hydrogen-bond acceptors (Lipinski definition) is 7. The van der Waals surface area contributed by atoms with Gasteiger partial charge in [-0.3, -0.25) is 9.59 Å². The number of carbonyl (C=O) groups excluding carboxylic acids is 2. The van der Waals surface area contributed by atoms with Crippen molar-refractivity contribution < 1.29 is 14.3 Å². The zero-order valence-electron chi connectivity index (χ0n) is 20.2. The van der Waals surface area contributed by atoms with Gasteiger partial charge in [-0.25, -0.2) is 4.98 Å². The first-order valence-corrected chi connectivity index (χ1v) is 11.6. The van der Waals surface area contributed by atoms with Gasteiger partial charge in [0.05, 0.1) is 13.0 Å². The molecular formula is C26H30N6O3. The Morgan fingerprint density at radius 1 is 1.06 bits per heavy atom. The molecule has 1 atom stereocenters. The van der Waals surface area contributed by atoms with E-state index < -0.39 is 0 Å². The van der Waals surface area contributed by atoms with E-state index in [0.717, 1.165) is 22.8 Å². The number of carbonyl (C=O) groups is 2. The van der Waals surface area contributed by atoms with Gasteiger partial charge in [-0.15, -0.1) is 0 Å². The van der Waals surface area contributed by atoms with E-state index in [9.17, 15) is 9.59 Å². The summed E-state index contributed by atoms with van der Waals surface area (Å²) in [6, 6.07) is 17.2. The Morgan fingerprint density at radius 3 is 2.51 bits per heavy atom. The molecule has 9 nitrogen and oxygen atoms in total. The van der Waals surface area contributed by atoms with Crippen LogP contribution in [0.1, 0.15) is 17.7 Å². The monoisotopic (exact) mass is 474 g/mol. The highest BCUT2D eigenvalue weighted by molar-refractivity contribution is 6.00. The Hall–Kier alpha value is -4.14. The molecule has 3 aromatic rings. The normalized spacial score (nSPS) is 15.1. The van der Waals surface area contributed by atoms with E-state index in [1.807, 2.05) is 56.3 Å². The van der Waals surface area contributed by atoms with Crippen molar-refractivity contribution in [3.63, 3.8) is 0 Å². The number of hydrogen-bond donors (Lipinski definition) is 3. The molecule has 1 fully saturated rings. The Labute approximate surface area is 204 Å². The first-order valence-electron chi connectivity index (χ1n) is 11.6. The van der Waals surface area contributed by atoms with E-state index in [1.165, 1.54) is 5.56 Å². The third kappa shape index (κ3) is 6.26. The van der Waals surface area contributed by atoms with Crippen molar-refractivity contribution in [2.75, 3.05) is 42.3 Å². The van der Waals surface area contributed by atoms with Crippen LogP contribution in [0.25, 0.3) is 0 Å². The standard InChI is InChI=1S/C26H30N6O3/c1-17-4-6-20(7-5-17)30-23-14-18(2)29-26(31-23)28-13-12-27-25(34)19-15-24(33)32(16-19)21-8-10-22(35-3)11-9-21/h4-11,14,19H,12-13,15-16H2,1-3H3,(H,27,34)(H2,28,29,30,31). The third-order valence-corrected chi connectivity index (χ3v) is 5.77. The maximum absolute atomic E-state index is 12.6. The van der Waals surface area contributed by atoms with E-state index in [1.54, 1.807) is 24.1 Å². The van der Waals surface area contributed by atoms with Crippen molar-refractivity contribution in [2.24, 2.45) is 5.92 Å². The molecular weight excluding hydrogens is 444 g/mol. The summed E-state index contributed by atoms with van der Waals surface area (Å²) in [4.78, 5) is 35.6. The van der Waals surface area contributed by atoms with Crippen LogP contribution < -0.4 is 25.6 Å². The van der Waals surface area contributed by atoms with Crippen molar-refractivity contribution in [3.05, 3.63) is 65.9 Å². The average Bonchev–Trinajstić information content (AvgIpc) is 3.24. The van der Waals surface area contributed by atoms with Crippen LogP contribution in [0.3, 0.4) is 0 Å². The second kappa shape index (κ2) is 10.9. The fourth-order valence-corrected chi connectivity index (χ4v) is 3.90. The molecule has 182 valence electrons. The van der Waals surface area contributed by atoms with Crippen LogP contribution in [0, 0.1) is 19.8 Å². The maximum Gasteiger partial charge on any atom is 0.227 e. The van der Waals surface area contributed by atoms with Gasteiger partial charge in [-0.1, -0.05) is 17.7 Å². The number of benzene rings is 2. The van der Waals surface area contributed by atoms with Gasteiger partial charge >= 0.3 is 0 Å². The van der Waals surface area contributed by atoms with Gasteiger partial charge in [0.25, 0.3) is 0 Å². The summed E-state index contributed by atoms with van der Waals surface area (Å²) < 4.78 is 5.16. The number of nitrogens with zero attached hydrogens (tertiary/aromatic N) is 3. The number of methoxy groups -OCH3 is 1. The lowest BCUT2D eigenvalue weighted by molar-refractivity contribution is -0.126. The van der Waals surface area contributed by atoms with Crippen molar-refractivity contribution in [1.82, 2.24) is 15.3 Å². The summed E-state index contributed by atoms with van der Waals surface area (Å²) in [6.45, 7) is 5.16. The van der Waals surface area contributed by atoms with Gasteiger partial charge in [-0.2, -0.15) is 4.98 Å². The van der Waals surface area contributed by atoms with Gasteiger partial charge in [0, 0.05) is 49.2 Å². The average molecular weight is 475 g/mol. The van der Waals surface area contributed by atoms with E-state index in [0.29, 0.717) is 31.4 Å². The van der Waals surface area contributed by atoms with Gasteiger partial charge in [0.1, 0.15) is 11.6 Å². The molecule has 1 unspecified atom stereocenters. The second-order valence-electron chi connectivity index (χ2n) is 8.53. The molecule has 2 aromatic carbocycles. The molecule has 1 aliphatic rings. The van der Waals surface area contributed by atoms with E-state index >= 15 is 0 Å². The largest absolute Gasteiger partial charge is 0.497 e. The zero-order chi connectivity index (χ0) is 24.8. The topological polar surface area (TPSA) is 108 Å². The predicted octanol–water partition coefficient (Wildman–Crippen LogP) is 3.43. The molecule has 4 rings (SSSR count). The summed E-state index contributed by atoms with van der Waals surface area (Å²) in [6.07, 6.45) is 0.195. The molecule has 3 N–H and O–H groups in total. The number of aromatic nitrogens is 2. The van der Waals surface area contributed by atoms with Gasteiger partial charge in [0.15, 0.2) is 0 Å². The van der Waals surface area contributed by atoms with Crippen LogP contribution >= 0.6 is 0 Å². The highest BCUT2D eigenvalue weighted by Gasteiger charge is 2.34. The van der Waals surface area contributed by atoms with E-state index in [2.05, 4.69) is 25.9 Å². The smallest absolute Gasteiger partial charge is 0.227 e. The van der Waals surface area contributed by atoms with Crippen LogP contribution in [-0.4, -0.2) is 48.5 Å². The Kier molecular flexibility index (Phi) is 7.45. The molecule has 0 aliphatic carbocycles. The summed E-state index contributed by atoms with van der Waals surface area (Å²) in [5, 5.41) is 9.35. The summed E-state index contributed by atoms with van der Waals surface area (Å²) in [7, 11) is 1.59. The lowest BCUT2D eigenvalue weighted by Crippen LogP contribution is -2.35. The first kappa shape index (κ1) is 24.0. The van der Waals surface area contributed by atoms with Crippen molar-refractivity contribution in [1.29, 1.82) is 0 Å². The Bertz CT molecular complexity index is 1180. The van der Waals surface area contributed by atoms with Crippen LogP contribution in [0.5, 0.6) is 5.75 Å². The van der Waals surface area contributed by atoms with Crippen LogP contribution in [0.2, 0.25) is 0 Å². The number of rotatable bonds is 9. The molecule has 0 radical (unpaired) electrons. The maximum atomic E-state index is 12.6. The molecule has 9 heteroatoms. The predicted molar refractivity (Wildman–Crippen MR) is 136 cm³/mol. The highest BCUT2D eigenvalue weighted by Crippen LogP contribution is 2.27. The fourth-order valence-electron chi connectivity index (χ4n) is 3.90. The summed E-state index contributed by atoms with van der Waals surface area (Å²) >= 11 is 0. The second-order valence-corrected chi connectivity index (χ2v) is 8.53. The molecule has 0 saturated carbocycles. The highest BCUT2D eigenvalue weighted by atomic mass is 16.5. The lowest BCUT2D eigenvalue weighted by atomic mass is 10.1. The molecule has 1 aromatic heterocycles. The summed E-state index contributed by atoms with van der Waals surface area (Å²) in [5.41, 5.74) is 3.72. The van der Waals surface area contributed by atoms with Gasteiger partial charge in [0.2, 0.25) is 17.8 Å². The molecule has 1 saturated heterocycles. The molecule has 2 amide bonds. The number of anilines is 4. The zero-order valence-corrected chi connectivity index (χ0v) is 20.2. The Morgan fingerprint density at radius 2 is 1.80 bits per heavy atom. The van der Waals surface area contributed by atoms with Gasteiger partial charge < -0.3 is 25.6 Å². The number of amides is 2. The van der Waals surface area contributed by atoms with Crippen molar-refractivity contribution in [2.45, 2.75) is 20.3 Å². The number of nitrogens with one attached hydrogen (secondary N) is 3. The fraction of sp³-hybridized carbons (Fsp3) is 0.308. The quantitative estimate of drug-likeness (QED) is 0.408. The Balaban J connectivity index is 1.25. The molecule has 0 spiro atoms. The minimum Gasteiger partial charge on any atom is -0.497 e. The molecule has 1 aliphatic heterocycles. The lowest BCUT2D eigenvalue weighted by Gasteiger charge is -2.17. The minimum absolute atomic E-state index is 0.0600. The van der Waals surface area contributed by atoms with Crippen molar-refractivity contribution >= 4 is 35.0 Å². The van der Waals surface area contributed by atoms with Gasteiger partial charge in [-0.05, 0) is 50.2 Å². The van der Waals surface area contributed by atoms with E-state index in [4.69, 9.17) is 4.74 Å². The first-order chi connectivity index (χ1) is 16.9. The number of ether oxygens (including phenoxy) is 1.